The minimum Gasteiger partial charge on any atom is -0.457 e. The molecule has 0 atom stereocenters. The van der Waals surface area contributed by atoms with Crippen molar-refractivity contribution in [2.24, 2.45) is 30.0 Å². The number of para-hydroxylation sites is 4. The second-order valence-corrected chi connectivity index (χ2v) is 17.9. The third kappa shape index (κ3) is 7.06. The molecule has 8 aromatic carbocycles. The Balaban J connectivity index is 0.00000480. The van der Waals surface area contributed by atoms with Crippen LogP contribution in [0.3, 0.4) is 0 Å². The molecule has 2 N–H and O–H groups in total. The Morgan fingerprint density at radius 1 is 0.286 bits per heavy atom. The number of hydrogen-bond donors (Lipinski definition) is 0. The largest absolute Gasteiger partial charge is 0.568 e. The molecule has 6 heterocycles. The molecule has 4 aliphatic heterocycles. The van der Waals surface area contributed by atoms with Gasteiger partial charge >= 0.3 is 15.7 Å². The minimum absolute atomic E-state index is 0. The Morgan fingerprint density at radius 2 is 0.657 bits per heavy atom. The van der Waals surface area contributed by atoms with Gasteiger partial charge in [0.15, 0.2) is 23.3 Å². The van der Waals surface area contributed by atoms with Crippen molar-refractivity contribution in [3.05, 3.63) is 227 Å². The lowest BCUT2D eigenvalue weighted by Gasteiger charge is -2.11. The van der Waals surface area contributed by atoms with E-state index < -0.39 is 15.7 Å². The number of hydrogen-bond acceptors (Lipinski definition) is 10. The molecule has 0 unspecified atom stereocenters. The molecule has 4 aliphatic rings. The maximum Gasteiger partial charge on any atom is 0.568 e. The van der Waals surface area contributed by atoms with Crippen molar-refractivity contribution in [1.82, 2.24) is 7.10 Å². The van der Waals surface area contributed by atoms with E-state index >= 15 is 0 Å². The van der Waals surface area contributed by atoms with Gasteiger partial charge in [-0.3, -0.25) is 0 Å². The second kappa shape index (κ2) is 16.5. The molecule has 0 fully saturated rings. The van der Waals surface area contributed by atoms with Crippen molar-refractivity contribution in [1.29, 1.82) is 0 Å². The van der Waals surface area contributed by atoms with Gasteiger partial charge in [0.1, 0.15) is 68.6 Å². The first-order valence-corrected chi connectivity index (χ1v) is 23.4. The van der Waals surface area contributed by atoms with Gasteiger partial charge in [0, 0.05) is 43.8 Å². The van der Waals surface area contributed by atoms with E-state index in [2.05, 4.69) is 7.10 Å². The van der Waals surface area contributed by atoms with E-state index in [1.54, 1.807) is 0 Å². The summed E-state index contributed by atoms with van der Waals surface area (Å²) in [6.45, 7) is 0. The maximum atomic E-state index is 6.47. The van der Waals surface area contributed by atoms with Crippen molar-refractivity contribution >= 4 is 72.2 Å². The Kier molecular flexibility index (Phi) is 9.70. The predicted molar refractivity (Wildman–Crippen MR) is 271 cm³/mol. The molecule has 0 amide bonds. The molecule has 10 aromatic rings. The highest BCUT2D eigenvalue weighted by Crippen LogP contribution is 2.43. The number of amidine groups is 4. The van der Waals surface area contributed by atoms with Gasteiger partial charge in [0.2, 0.25) is 0 Å². The van der Waals surface area contributed by atoms with Crippen LogP contribution in [0.5, 0.6) is 46.0 Å². The predicted octanol–water partition coefficient (Wildman–Crippen LogP) is 10.8. The van der Waals surface area contributed by atoms with Gasteiger partial charge in [0.05, 0.1) is 0 Å². The molecule has 0 saturated heterocycles. The normalized spacial score (nSPS) is 13.4. The highest BCUT2D eigenvalue weighted by molar-refractivity contribution is 6.37. The first-order chi connectivity index (χ1) is 34.1. The van der Waals surface area contributed by atoms with Gasteiger partial charge in [-0.15, -0.1) is 0 Å². The third-order valence-electron chi connectivity index (χ3n) is 12.2. The smallest absolute Gasteiger partial charge is 0.457 e. The fourth-order valence-electron chi connectivity index (χ4n) is 9.06. The van der Waals surface area contributed by atoms with E-state index in [9.17, 15) is 0 Å². The lowest BCUT2D eigenvalue weighted by atomic mass is 10.1. The number of fused-ring (bicyclic) bond motifs is 14. The summed E-state index contributed by atoms with van der Waals surface area (Å²) in [6, 6.07) is 62.9. The zero-order valence-corrected chi connectivity index (χ0v) is 37.9. The van der Waals surface area contributed by atoms with Crippen LogP contribution in [0, 0.1) is 0 Å². The lowest BCUT2D eigenvalue weighted by Crippen LogP contribution is -2.36. The average molecular weight is 926 g/mol. The first kappa shape index (κ1) is 41.0. The number of ether oxygens (including phenoxy) is 4. The molecule has 0 spiro atoms. The topological polar surface area (TPSA) is 152 Å². The van der Waals surface area contributed by atoms with Gasteiger partial charge < -0.3 is 31.5 Å². The summed E-state index contributed by atoms with van der Waals surface area (Å²) >= 11 is -0.937. The summed E-state index contributed by atoms with van der Waals surface area (Å²) < 4.78 is 30.1. The highest BCUT2D eigenvalue weighted by Gasteiger charge is 2.31. The monoisotopic (exact) mass is 925 g/mol. The average Bonchev–Trinajstić information content (AvgIpc) is 4.07. The zero-order valence-electron chi connectivity index (χ0n) is 36.8. The SMILES string of the molecule is O.c1ccc(Oc2ccc3c(c2)C2=NC3=Nc3c4cc(Oc5ccccc5)ccc4c4[n]3[Al][n]3c(c5ccc(Oc6ccccc6)cc5c3=NC3=NC(=N4)c4cc(Oc5ccccc5)ccc43)=N2)cc1. The Bertz CT molecular complexity index is 4040. The van der Waals surface area contributed by atoms with Crippen LogP contribution in [0.4, 0.5) is 11.6 Å². The molecule has 2 aromatic heterocycles. The fourth-order valence-corrected chi connectivity index (χ4v) is 10.5. The maximum absolute atomic E-state index is 6.47. The van der Waals surface area contributed by atoms with Crippen LogP contribution in [0.2, 0.25) is 0 Å². The van der Waals surface area contributed by atoms with Crippen LogP contribution in [0.25, 0.3) is 21.5 Å². The minimum atomic E-state index is -0.937. The summed E-state index contributed by atoms with van der Waals surface area (Å²) in [5, 5.41) is 3.37. The van der Waals surface area contributed by atoms with Crippen LogP contribution in [0.15, 0.2) is 224 Å². The Hall–Kier alpha value is -9.19. The van der Waals surface area contributed by atoms with E-state index in [4.69, 9.17) is 48.9 Å². The van der Waals surface area contributed by atoms with E-state index in [1.165, 1.54) is 0 Å². The van der Waals surface area contributed by atoms with Gasteiger partial charge in [-0.2, -0.15) is 0 Å². The van der Waals surface area contributed by atoms with Crippen LogP contribution < -0.4 is 29.9 Å². The van der Waals surface area contributed by atoms with E-state index in [0.717, 1.165) is 55.3 Å². The lowest BCUT2D eigenvalue weighted by molar-refractivity contribution is 0.482. The number of aliphatic imine (C=N–C) groups is 4. The fraction of sp³-hybridized carbons (Fsp3) is 0. The number of aromatic nitrogens is 2. The highest BCUT2D eigenvalue weighted by atomic mass is 27.1. The molecule has 13 nitrogen and oxygen atoms in total. The number of nitrogens with zero attached hydrogens (tertiary/aromatic N) is 8. The first-order valence-electron chi connectivity index (χ1n) is 22.3. The standard InChI is InChI=1S/C56H32N8O4.Al.H2O/c1-5-13-33(14-6-1)65-37-21-25-41-45(29-37)53-57-49(41)62-54-47-31-39(67-35-17-9-3-10-18-35)23-27-43(47)51(59-54)64-56-48-32-40(68-36-19-11-4-12-20-36)24-28-44(48)52(60-56)63-55-46-30-38(66-34-15-7-2-8-16-34)22-26-42(46)50(58-55)61-53;;/h1-32H;;1H2/q-2;+2;. The van der Waals surface area contributed by atoms with Crippen LogP contribution in [0.1, 0.15) is 22.3 Å². The zero-order chi connectivity index (χ0) is 45.4. The number of rotatable bonds is 8. The summed E-state index contributed by atoms with van der Waals surface area (Å²) in [5.74, 6) is 8.81. The van der Waals surface area contributed by atoms with Gasteiger partial charge in [-0.1, -0.05) is 72.8 Å². The van der Waals surface area contributed by atoms with Gasteiger partial charge in [-0.25, -0.2) is 30.0 Å². The van der Waals surface area contributed by atoms with E-state index in [1.807, 2.05) is 194 Å². The molecule has 14 rings (SSSR count). The molecule has 70 heavy (non-hydrogen) atoms. The van der Waals surface area contributed by atoms with Gasteiger partial charge in [-0.05, 0) is 121 Å². The summed E-state index contributed by atoms with van der Waals surface area (Å²) in [5.41, 5.74) is 4.53. The molecular weight excluding hydrogens is 892 g/mol. The summed E-state index contributed by atoms with van der Waals surface area (Å²) in [4.78, 5) is 32.4. The molecule has 0 saturated carbocycles. The quantitative estimate of drug-likeness (QED) is 0.139. The molecule has 331 valence electrons. The van der Waals surface area contributed by atoms with E-state index in [-0.39, 0.29) is 5.48 Å². The van der Waals surface area contributed by atoms with Crippen molar-refractivity contribution in [2.45, 2.75) is 0 Å². The molecule has 0 aliphatic carbocycles. The molecule has 1 radical (unpaired) electrons. The van der Waals surface area contributed by atoms with Crippen molar-refractivity contribution in [2.75, 3.05) is 0 Å². The summed E-state index contributed by atoms with van der Waals surface area (Å²) in [6.07, 6.45) is 0. The van der Waals surface area contributed by atoms with Crippen molar-refractivity contribution < 1.29 is 24.4 Å². The Morgan fingerprint density at radius 3 is 1.16 bits per heavy atom. The third-order valence-corrected chi connectivity index (χ3v) is 13.7. The molecule has 6 bridgehead atoms. The van der Waals surface area contributed by atoms with Gasteiger partial charge in [0.25, 0.3) is 0 Å². The molecule has 14 heteroatoms. The van der Waals surface area contributed by atoms with Crippen LogP contribution >= 0.6 is 0 Å². The van der Waals surface area contributed by atoms with Crippen LogP contribution in [-0.2, 0) is 0 Å². The molecular formula is C56H34AlN8O5. The second-order valence-electron chi connectivity index (χ2n) is 16.6. The van der Waals surface area contributed by atoms with Crippen molar-refractivity contribution in [3.63, 3.8) is 0 Å². The summed E-state index contributed by atoms with van der Waals surface area (Å²) in [7, 11) is 0. The van der Waals surface area contributed by atoms with Crippen LogP contribution in [-0.4, -0.2) is 51.6 Å². The van der Waals surface area contributed by atoms with E-state index in [0.29, 0.717) is 80.5 Å². The number of benzene rings is 8. The Labute approximate surface area is 405 Å². The van der Waals surface area contributed by atoms with Crippen molar-refractivity contribution in [3.8, 4) is 46.0 Å².